The van der Waals surface area contributed by atoms with Crippen molar-refractivity contribution in [1.29, 1.82) is 0 Å². The summed E-state index contributed by atoms with van der Waals surface area (Å²) in [6, 6.07) is 3.89. The molecule has 2 amide bonds. The molecule has 3 rings (SSSR count). The van der Waals surface area contributed by atoms with Gasteiger partial charge in [-0.15, -0.1) is 11.3 Å². The molecular weight excluding hydrogens is 350 g/mol. The van der Waals surface area contributed by atoms with Gasteiger partial charge >= 0.3 is 0 Å². The summed E-state index contributed by atoms with van der Waals surface area (Å²) >= 11 is 8.12. The van der Waals surface area contributed by atoms with Gasteiger partial charge in [0.2, 0.25) is 5.91 Å². The van der Waals surface area contributed by atoms with Crippen molar-refractivity contribution in [2.24, 2.45) is 0 Å². The highest BCUT2D eigenvalue weighted by Gasteiger charge is 2.35. The van der Waals surface area contributed by atoms with Gasteiger partial charge in [-0.1, -0.05) is 30.0 Å². The lowest BCUT2D eigenvalue weighted by atomic mass is 10.3. The number of thioether (sulfide) groups is 1. The minimum absolute atomic E-state index is 0.0221. The van der Waals surface area contributed by atoms with Crippen LogP contribution < -0.4 is 4.90 Å². The first-order chi connectivity index (χ1) is 11.0. The van der Waals surface area contributed by atoms with Crippen molar-refractivity contribution in [2.45, 2.75) is 0 Å². The summed E-state index contributed by atoms with van der Waals surface area (Å²) in [5.74, 6) is -0.187. The molecule has 1 aromatic rings. The van der Waals surface area contributed by atoms with E-state index < -0.39 is 0 Å². The molecule has 5 nitrogen and oxygen atoms in total. The number of likely N-dealkylation sites (N-methyl/N-ethyl adjacent to an activating group) is 1. The predicted molar refractivity (Wildman–Crippen MR) is 97.4 cm³/mol. The van der Waals surface area contributed by atoms with Gasteiger partial charge in [0.15, 0.2) is 0 Å². The number of nitrogens with one attached hydrogen (secondary N) is 1. The van der Waals surface area contributed by atoms with Crippen LogP contribution >= 0.6 is 35.3 Å². The van der Waals surface area contributed by atoms with Gasteiger partial charge in [0.25, 0.3) is 5.91 Å². The molecule has 1 N–H and O–H groups in total. The van der Waals surface area contributed by atoms with Crippen LogP contribution in [-0.4, -0.2) is 65.7 Å². The Morgan fingerprint density at radius 2 is 2.17 bits per heavy atom. The summed E-state index contributed by atoms with van der Waals surface area (Å²) in [6.07, 6.45) is 1.84. The molecule has 2 fully saturated rings. The molecule has 0 atom stereocenters. The molecule has 0 unspecified atom stereocenters. The second kappa shape index (κ2) is 7.12. The SMILES string of the molecule is C[NH+]1CCN(C(=O)CN2C(=O)/C(=C\c3cccs3)SC2=S)CC1. The number of nitrogens with zero attached hydrogens (tertiary/aromatic N) is 2. The largest absolute Gasteiger partial charge is 0.334 e. The number of thiophene rings is 1. The van der Waals surface area contributed by atoms with Crippen LogP contribution in [0.4, 0.5) is 0 Å². The molecular formula is C15H18N3O2S3+. The van der Waals surface area contributed by atoms with E-state index in [0.29, 0.717) is 9.23 Å². The second-order valence-corrected chi connectivity index (χ2v) is 8.28. The van der Waals surface area contributed by atoms with E-state index in [0.717, 1.165) is 31.1 Å². The van der Waals surface area contributed by atoms with Gasteiger partial charge in [-0.2, -0.15) is 0 Å². The number of carbonyl (C=O) groups excluding carboxylic acids is 2. The minimum atomic E-state index is -0.165. The van der Waals surface area contributed by atoms with E-state index in [1.54, 1.807) is 11.3 Å². The van der Waals surface area contributed by atoms with Gasteiger partial charge in [-0.05, 0) is 17.5 Å². The molecule has 23 heavy (non-hydrogen) atoms. The monoisotopic (exact) mass is 368 g/mol. The Labute approximate surface area is 148 Å². The maximum atomic E-state index is 12.5. The number of amides is 2. The molecule has 0 radical (unpaired) electrons. The van der Waals surface area contributed by atoms with E-state index in [9.17, 15) is 9.59 Å². The first kappa shape index (κ1) is 16.6. The van der Waals surface area contributed by atoms with Crippen LogP contribution in [0.1, 0.15) is 4.88 Å². The molecule has 0 saturated carbocycles. The Morgan fingerprint density at radius 1 is 1.43 bits per heavy atom. The number of hydrogen-bond donors (Lipinski definition) is 1. The Hall–Kier alpha value is -1.22. The summed E-state index contributed by atoms with van der Waals surface area (Å²) in [7, 11) is 2.12. The van der Waals surface area contributed by atoms with Crippen molar-refractivity contribution >= 4 is 57.5 Å². The summed E-state index contributed by atoms with van der Waals surface area (Å²) < 4.78 is 0.464. The van der Waals surface area contributed by atoms with Gasteiger partial charge in [0.1, 0.15) is 10.9 Å². The number of carbonyl (C=O) groups is 2. The molecule has 0 spiro atoms. The van der Waals surface area contributed by atoms with E-state index in [1.807, 2.05) is 28.5 Å². The zero-order valence-electron chi connectivity index (χ0n) is 12.8. The summed E-state index contributed by atoms with van der Waals surface area (Å²) in [5, 5.41) is 1.96. The highest BCUT2D eigenvalue weighted by Crippen LogP contribution is 2.33. The third-order valence-corrected chi connectivity index (χ3v) is 6.15. The molecule has 2 saturated heterocycles. The van der Waals surface area contributed by atoms with Gasteiger partial charge in [0, 0.05) is 4.88 Å². The number of thiocarbonyl (C=S) groups is 1. The Kier molecular flexibility index (Phi) is 5.15. The van der Waals surface area contributed by atoms with Gasteiger partial charge < -0.3 is 9.80 Å². The predicted octanol–water partition coefficient (Wildman–Crippen LogP) is 0.306. The highest BCUT2D eigenvalue weighted by atomic mass is 32.2. The Balaban J connectivity index is 1.65. The normalized spacial score (nSPS) is 21.5. The van der Waals surface area contributed by atoms with Crippen LogP contribution in [0.3, 0.4) is 0 Å². The lowest BCUT2D eigenvalue weighted by Crippen LogP contribution is -3.12. The maximum Gasteiger partial charge on any atom is 0.266 e. The average molecular weight is 369 g/mol. The molecule has 0 aromatic carbocycles. The molecule has 122 valence electrons. The van der Waals surface area contributed by atoms with Crippen LogP contribution in [0, 0.1) is 0 Å². The van der Waals surface area contributed by atoms with E-state index in [4.69, 9.17) is 12.2 Å². The van der Waals surface area contributed by atoms with E-state index in [-0.39, 0.29) is 18.4 Å². The molecule has 3 heterocycles. The first-order valence-electron chi connectivity index (χ1n) is 7.42. The van der Waals surface area contributed by atoms with Crippen LogP contribution in [0.25, 0.3) is 6.08 Å². The quantitative estimate of drug-likeness (QED) is 0.616. The maximum absolute atomic E-state index is 12.5. The molecule has 1 aromatic heterocycles. The molecule has 2 aliphatic rings. The van der Waals surface area contributed by atoms with Crippen molar-refractivity contribution < 1.29 is 14.5 Å². The summed E-state index contributed by atoms with van der Waals surface area (Å²) in [5.41, 5.74) is 0. The molecule has 2 aliphatic heterocycles. The third-order valence-electron chi connectivity index (χ3n) is 3.95. The summed E-state index contributed by atoms with van der Waals surface area (Å²) in [6.45, 7) is 3.42. The van der Waals surface area contributed by atoms with Crippen molar-refractivity contribution in [3.63, 3.8) is 0 Å². The molecule has 0 bridgehead atoms. The van der Waals surface area contributed by atoms with Crippen molar-refractivity contribution in [3.8, 4) is 0 Å². The standard InChI is InChI=1S/C15H17N3O2S3/c1-16-4-6-17(7-5-16)13(19)10-18-14(20)12(23-15(18)21)9-11-3-2-8-22-11/h2-3,8-9H,4-7,10H2,1H3/p+1/b12-9+. The molecule has 0 aliphatic carbocycles. The van der Waals surface area contributed by atoms with E-state index in [2.05, 4.69) is 7.05 Å². The van der Waals surface area contributed by atoms with Gasteiger partial charge in [0.05, 0.1) is 38.1 Å². The van der Waals surface area contributed by atoms with Crippen molar-refractivity contribution in [1.82, 2.24) is 9.80 Å². The van der Waals surface area contributed by atoms with Gasteiger partial charge in [-0.25, -0.2) is 0 Å². The number of piperazine rings is 1. The minimum Gasteiger partial charge on any atom is -0.334 e. The van der Waals surface area contributed by atoms with Crippen LogP contribution in [0.2, 0.25) is 0 Å². The fourth-order valence-electron chi connectivity index (χ4n) is 2.51. The first-order valence-corrected chi connectivity index (χ1v) is 9.53. The molecule has 8 heteroatoms. The fraction of sp³-hybridized carbons (Fsp3) is 0.400. The number of quaternary nitrogens is 1. The average Bonchev–Trinajstić information content (AvgIpc) is 3.12. The van der Waals surface area contributed by atoms with Crippen molar-refractivity contribution in [2.75, 3.05) is 39.8 Å². The van der Waals surface area contributed by atoms with Crippen LogP contribution in [-0.2, 0) is 9.59 Å². The zero-order valence-corrected chi connectivity index (χ0v) is 15.2. The number of hydrogen-bond acceptors (Lipinski definition) is 5. The Bertz CT molecular complexity index is 649. The second-order valence-electron chi connectivity index (χ2n) is 5.62. The zero-order chi connectivity index (χ0) is 16.4. The summed E-state index contributed by atoms with van der Waals surface area (Å²) in [4.78, 5) is 31.2. The highest BCUT2D eigenvalue weighted by molar-refractivity contribution is 8.26. The van der Waals surface area contributed by atoms with E-state index in [1.165, 1.54) is 21.6 Å². The smallest absolute Gasteiger partial charge is 0.266 e. The van der Waals surface area contributed by atoms with Gasteiger partial charge in [-0.3, -0.25) is 14.5 Å². The number of rotatable bonds is 3. The Morgan fingerprint density at radius 3 is 2.83 bits per heavy atom. The van der Waals surface area contributed by atoms with Crippen LogP contribution in [0.15, 0.2) is 22.4 Å². The van der Waals surface area contributed by atoms with Crippen LogP contribution in [0.5, 0.6) is 0 Å². The van der Waals surface area contributed by atoms with E-state index >= 15 is 0 Å². The van der Waals surface area contributed by atoms with Crippen molar-refractivity contribution in [3.05, 3.63) is 27.3 Å². The lowest BCUT2D eigenvalue weighted by Gasteiger charge is -2.31. The third kappa shape index (κ3) is 3.82. The lowest BCUT2D eigenvalue weighted by molar-refractivity contribution is -0.883. The topological polar surface area (TPSA) is 45.1 Å². The fourth-order valence-corrected chi connectivity index (χ4v) is 4.49.